The van der Waals surface area contributed by atoms with Gasteiger partial charge in [-0.3, -0.25) is 4.79 Å². The predicted molar refractivity (Wildman–Crippen MR) is 89.7 cm³/mol. The smallest absolute Gasteiger partial charge is 0.408 e. The summed E-state index contributed by atoms with van der Waals surface area (Å²) in [6, 6.07) is 8.18. The van der Waals surface area contributed by atoms with Gasteiger partial charge in [-0.25, -0.2) is 9.59 Å². The largest absolute Gasteiger partial charge is 0.480 e. The average Bonchev–Trinajstić information content (AvgIpc) is 2.98. The van der Waals surface area contributed by atoms with Gasteiger partial charge in [-0.15, -0.1) is 0 Å². The molecule has 0 spiro atoms. The van der Waals surface area contributed by atoms with Crippen LogP contribution in [0.1, 0.15) is 18.4 Å². The van der Waals surface area contributed by atoms with E-state index < -0.39 is 18.1 Å². The Balaban J connectivity index is 1.70. The third-order valence-electron chi connectivity index (χ3n) is 3.49. The maximum absolute atomic E-state index is 11.7. The fourth-order valence-electron chi connectivity index (χ4n) is 2.21. The first-order valence-electron chi connectivity index (χ1n) is 7.61. The van der Waals surface area contributed by atoms with Gasteiger partial charge < -0.3 is 20.5 Å². The van der Waals surface area contributed by atoms with Gasteiger partial charge in [0, 0.05) is 24.0 Å². The van der Waals surface area contributed by atoms with Gasteiger partial charge in [-0.1, -0.05) is 30.3 Å². The molecule has 2 rings (SSSR count). The highest BCUT2D eigenvalue weighted by Gasteiger charge is 2.24. The number of hydrogen-bond donors (Lipinski definition) is 3. The second kappa shape index (κ2) is 9.17. The van der Waals surface area contributed by atoms with E-state index in [1.165, 1.54) is 11.8 Å². The molecule has 8 heteroatoms. The number of carbonyl (C=O) groups is 3. The summed E-state index contributed by atoms with van der Waals surface area (Å²) in [5.74, 6) is -0.258. The van der Waals surface area contributed by atoms with Crippen molar-refractivity contribution in [1.29, 1.82) is 0 Å². The molecule has 0 aliphatic carbocycles. The highest BCUT2D eigenvalue weighted by molar-refractivity contribution is 7.99. The molecule has 1 aliphatic heterocycles. The Bertz CT molecular complexity index is 581. The fraction of sp³-hybridized carbons (Fsp3) is 0.438. The van der Waals surface area contributed by atoms with Crippen LogP contribution in [0.15, 0.2) is 30.3 Å². The Morgan fingerprint density at radius 2 is 2.12 bits per heavy atom. The highest BCUT2D eigenvalue weighted by atomic mass is 32.2. The van der Waals surface area contributed by atoms with Gasteiger partial charge in [0.05, 0.1) is 0 Å². The quantitative estimate of drug-likeness (QED) is 0.653. The van der Waals surface area contributed by atoms with Crippen LogP contribution in [-0.2, 0) is 20.9 Å². The Morgan fingerprint density at radius 3 is 2.75 bits per heavy atom. The van der Waals surface area contributed by atoms with Crippen LogP contribution in [-0.4, -0.2) is 46.7 Å². The molecule has 0 saturated carbocycles. The summed E-state index contributed by atoms with van der Waals surface area (Å²) < 4.78 is 5.02. The Labute approximate surface area is 144 Å². The van der Waals surface area contributed by atoms with Gasteiger partial charge in [0.15, 0.2) is 0 Å². The molecule has 130 valence electrons. The highest BCUT2D eigenvalue weighted by Crippen LogP contribution is 2.14. The monoisotopic (exact) mass is 352 g/mol. The van der Waals surface area contributed by atoms with E-state index in [0.29, 0.717) is 12.2 Å². The van der Waals surface area contributed by atoms with E-state index in [-0.39, 0.29) is 24.3 Å². The number of rotatable bonds is 8. The normalized spacial score (nSPS) is 17.8. The summed E-state index contributed by atoms with van der Waals surface area (Å²) in [4.78, 5) is 34.1. The van der Waals surface area contributed by atoms with E-state index in [1.807, 2.05) is 30.3 Å². The molecule has 1 aromatic carbocycles. The molecule has 0 bridgehead atoms. The fourth-order valence-corrected chi connectivity index (χ4v) is 3.34. The number of amides is 2. The minimum atomic E-state index is -1.12. The van der Waals surface area contributed by atoms with Crippen LogP contribution in [0, 0.1) is 0 Å². The van der Waals surface area contributed by atoms with Crippen LogP contribution < -0.4 is 10.6 Å². The zero-order chi connectivity index (χ0) is 17.4. The lowest BCUT2D eigenvalue weighted by Crippen LogP contribution is -2.43. The second-order valence-corrected chi connectivity index (χ2v) is 6.51. The molecule has 1 fully saturated rings. The zero-order valence-corrected chi connectivity index (χ0v) is 13.9. The van der Waals surface area contributed by atoms with E-state index in [0.717, 1.165) is 12.0 Å². The molecule has 0 aromatic heterocycles. The molecule has 1 heterocycles. The van der Waals surface area contributed by atoms with E-state index in [2.05, 4.69) is 10.6 Å². The number of carbonyl (C=O) groups excluding carboxylic acids is 2. The predicted octanol–water partition coefficient (Wildman–Crippen LogP) is 1.38. The molecule has 1 aromatic rings. The van der Waals surface area contributed by atoms with E-state index in [4.69, 9.17) is 4.74 Å². The van der Waals surface area contributed by atoms with E-state index in [1.54, 1.807) is 0 Å². The molecule has 2 amide bonds. The zero-order valence-electron chi connectivity index (χ0n) is 13.1. The van der Waals surface area contributed by atoms with Crippen LogP contribution in [0.25, 0.3) is 0 Å². The van der Waals surface area contributed by atoms with Crippen molar-refractivity contribution < 1.29 is 24.2 Å². The number of benzene rings is 1. The number of nitrogens with one attached hydrogen (secondary N) is 2. The lowest BCUT2D eigenvalue weighted by atomic mass is 10.2. The molecular weight excluding hydrogens is 332 g/mol. The van der Waals surface area contributed by atoms with Crippen molar-refractivity contribution in [2.45, 2.75) is 31.5 Å². The molecular formula is C16H20N2O5S. The maximum Gasteiger partial charge on any atom is 0.408 e. The molecule has 7 nitrogen and oxygen atoms in total. The Hall–Kier alpha value is -2.22. The van der Waals surface area contributed by atoms with Gasteiger partial charge in [-0.2, -0.15) is 11.8 Å². The van der Waals surface area contributed by atoms with Gasteiger partial charge in [0.1, 0.15) is 12.6 Å². The third kappa shape index (κ3) is 6.11. The molecule has 24 heavy (non-hydrogen) atoms. The Kier molecular flexibility index (Phi) is 6.92. The first-order valence-corrected chi connectivity index (χ1v) is 8.77. The third-order valence-corrected chi connectivity index (χ3v) is 4.70. The Morgan fingerprint density at radius 1 is 1.38 bits per heavy atom. The number of carboxylic acid groups (broad SMARTS) is 1. The van der Waals surface area contributed by atoms with Crippen molar-refractivity contribution in [3.05, 3.63) is 35.9 Å². The summed E-state index contributed by atoms with van der Waals surface area (Å²) in [5, 5.41) is 14.4. The average molecular weight is 352 g/mol. The van der Waals surface area contributed by atoms with Crippen molar-refractivity contribution in [3.63, 3.8) is 0 Å². The van der Waals surface area contributed by atoms with E-state index in [9.17, 15) is 19.5 Å². The van der Waals surface area contributed by atoms with Crippen LogP contribution in [0.4, 0.5) is 4.79 Å². The van der Waals surface area contributed by atoms with Crippen molar-refractivity contribution in [2.75, 3.05) is 11.5 Å². The lowest BCUT2D eigenvalue weighted by Gasteiger charge is -2.15. The minimum absolute atomic E-state index is 0.0259. The molecule has 2 atom stereocenters. The number of hydrogen-bond acceptors (Lipinski definition) is 5. The molecule has 3 N–H and O–H groups in total. The molecule has 0 radical (unpaired) electrons. The number of ether oxygens (including phenoxy) is 1. The van der Waals surface area contributed by atoms with E-state index >= 15 is 0 Å². The topological polar surface area (TPSA) is 105 Å². The second-order valence-electron chi connectivity index (χ2n) is 5.44. The summed E-state index contributed by atoms with van der Waals surface area (Å²) in [6.07, 6.45) is 0.509. The first-order chi connectivity index (χ1) is 11.5. The number of alkyl carbamates (subject to hydrolysis) is 1. The SMILES string of the molecule is O=C1CCC(CSCC(NC(=O)OCc2ccccc2)C(=O)O)N1. The summed E-state index contributed by atoms with van der Waals surface area (Å²) in [5.41, 5.74) is 0.825. The molecule has 1 saturated heterocycles. The van der Waals surface area contributed by atoms with Crippen LogP contribution in [0.2, 0.25) is 0 Å². The first kappa shape index (κ1) is 18.1. The van der Waals surface area contributed by atoms with Gasteiger partial charge in [-0.05, 0) is 12.0 Å². The van der Waals surface area contributed by atoms with Crippen LogP contribution in [0.3, 0.4) is 0 Å². The van der Waals surface area contributed by atoms with Crippen LogP contribution in [0.5, 0.6) is 0 Å². The van der Waals surface area contributed by atoms with Crippen molar-refractivity contribution in [2.24, 2.45) is 0 Å². The number of aliphatic carboxylic acids is 1. The summed E-state index contributed by atoms with van der Waals surface area (Å²) in [7, 11) is 0. The van der Waals surface area contributed by atoms with Crippen molar-refractivity contribution >= 4 is 29.7 Å². The van der Waals surface area contributed by atoms with Gasteiger partial charge >= 0.3 is 12.1 Å². The number of carboxylic acids is 1. The lowest BCUT2D eigenvalue weighted by molar-refractivity contribution is -0.138. The molecule has 1 aliphatic rings. The van der Waals surface area contributed by atoms with Crippen LogP contribution >= 0.6 is 11.8 Å². The van der Waals surface area contributed by atoms with Gasteiger partial charge in [0.2, 0.25) is 5.91 Å². The van der Waals surface area contributed by atoms with Gasteiger partial charge in [0.25, 0.3) is 0 Å². The minimum Gasteiger partial charge on any atom is -0.480 e. The maximum atomic E-state index is 11.7. The van der Waals surface area contributed by atoms with Crippen molar-refractivity contribution in [3.8, 4) is 0 Å². The standard InChI is InChI=1S/C16H20N2O5S/c19-14-7-6-12(17-14)9-24-10-13(15(20)21)18-16(22)23-8-11-4-2-1-3-5-11/h1-5,12-13H,6-10H2,(H,17,19)(H,18,22)(H,20,21). The molecule has 2 unspecified atom stereocenters. The summed E-state index contributed by atoms with van der Waals surface area (Å²) >= 11 is 1.38. The van der Waals surface area contributed by atoms with Crippen molar-refractivity contribution in [1.82, 2.24) is 10.6 Å². The summed E-state index contributed by atoms with van der Waals surface area (Å²) in [6.45, 7) is 0.0836. The number of thioether (sulfide) groups is 1.